The number of hydrogen-bond donors (Lipinski definition) is 3. The zero-order chi connectivity index (χ0) is 16.0. The topological polar surface area (TPSA) is 92.4 Å². The number of rotatable bonds is 8. The second-order valence-electron chi connectivity index (χ2n) is 5.53. The summed E-state index contributed by atoms with van der Waals surface area (Å²) in [5.41, 5.74) is 5.69. The van der Waals surface area contributed by atoms with E-state index in [1.54, 1.807) is 0 Å². The summed E-state index contributed by atoms with van der Waals surface area (Å²) in [6, 6.07) is 3.73. The van der Waals surface area contributed by atoms with Crippen LogP contribution < -0.4 is 11.1 Å². The Morgan fingerprint density at radius 3 is 2.57 bits per heavy atom. The van der Waals surface area contributed by atoms with Gasteiger partial charge in [-0.1, -0.05) is 13.8 Å². The van der Waals surface area contributed by atoms with Crippen LogP contribution in [0.25, 0.3) is 0 Å². The van der Waals surface area contributed by atoms with Gasteiger partial charge in [0.05, 0.1) is 5.56 Å². The normalized spacial score (nSPS) is 12.2. The monoisotopic (exact) mass is 296 g/mol. The summed E-state index contributed by atoms with van der Waals surface area (Å²) in [6.07, 6.45) is 0.782. The van der Waals surface area contributed by atoms with E-state index in [-0.39, 0.29) is 17.9 Å². The molecule has 0 spiro atoms. The van der Waals surface area contributed by atoms with Gasteiger partial charge in [-0.05, 0) is 36.5 Å². The molecule has 0 heterocycles. The van der Waals surface area contributed by atoms with Gasteiger partial charge in [0.2, 0.25) is 0 Å². The van der Waals surface area contributed by atoms with E-state index in [1.165, 1.54) is 12.1 Å². The fourth-order valence-electron chi connectivity index (χ4n) is 2.28. The molecule has 5 nitrogen and oxygen atoms in total. The maximum Gasteiger partial charge on any atom is 0.303 e. The Morgan fingerprint density at radius 2 is 2.05 bits per heavy atom. The lowest BCUT2D eigenvalue weighted by atomic mass is 9.94. The summed E-state index contributed by atoms with van der Waals surface area (Å²) in [4.78, 5) is 22.2. The van der Waals surface area contributed by atoms with Crippen LogP contribution in [0.5, 0.6) is 0 Å². The Hall–Kier alpha value is -2.11. The minimum atomic E-state index is -0.864. The number of anilines is 1. The van der Waals surface area contributed by atoms with Gasteiger partial charge in [0.1, 0.15) is 5.82 Å². The van der Waals surface area contributed by atoms with Crippen LogP contribution in [0.4, 0.5) is 10.1 Å². The first-order valence-corrected chi connectivity index (χ1v) is 6.84. The minimum Gasteiger partial charge on any atom is -0.481 e. The Bertz CT molecular complexity index is 518. The number of nitrogens with one attached hydrogen (secondary N) is 1. The van der Waals surface area contributed by atoms with E-state index in [0.29, 0.717) is 18.2 Å². The molecule has 4 N–H and O–H groups in total. The van der Waals surface area contributed by atoms with E-state index in [1.807, 2.05) is 13.8 Å². The minimum absolute atomic E-state index is 0.0400. The van der Waals surface area contributed by atoms with Gasteiger partial charge in [-0.3, -0.25) is 9.59 Å². The smallest absolute Gasteiger partial charge is 0.303 e. The molecule has 0 radical (unpaired) electrons. The van der Waals surface area contributed by atoms with Crippen molar-refractivity contribution >= 4 is 17.6 Å². The lowest BCUT2D eigenvalue weighted by molar-refractivity contribution is -0.138. The lowest BCUT2D eigenvalue weighted by Gasteiger charge is -2.19. The van der Waals surface area contributed by atoms with Gasteiger partial charge in [-0.15, -0.1) is 0 Å². The van der Waals surface area contributed by atoms with Crippen molar-refractivity contribution < 1.29 is 19.1 Å². The Kier molecular flexibility index (Phi) is 6.14. The third-order valence-corrected chi connectivity index (χ3v) is 3.10. The number of primary amides is 1. The van der Waals surface area contributed by atoms with Gasteiger partial charge in [-0.2, -0.15) is 0 Å². The van der Waals surface area contributed by atoms with E-state index in [2.05, 4.69) is 5.32 Å². The van der Waals surface area contributed by atoms with Gasteiger partial charge in [0, 0.05) is 18.7 Å². The molecule has 0 aliphatic rings. The third kappa shape index (κ3) is 5.81. The molecule has 0 saturated carbocycles. The second-order valence-corrected chi connectivity index (χ2v) is 5.53. The maximum atomic E-state index is 13.1. The number of nitrogens with two attached hydrogens (primary N) is 1. The van der Waals surface area contributed by atoms with Crippen molar-refractivity contribution in [1.82, 2.24) is 0 Å². The molecule has 1 rings (SSSR count). The van der Waals surface area contributed by atoms with Gasteiger partial charge in [-0.25, -0.2) is 4.39 Å². The van der Waals surface area contributed by atoms with Crippen LogP contribution in [0.15, 0.2) is 18.2 Å². The molecule has 0 saturated heterocycles. The van der Waals surface area contributed by atoms with Crippen molar-refractivity contribution in [3.63, 3.8) is 0 Å². The number of carbonyl (C=O) groups is 2. The first-order valence-electron chi connectivity index (χ1n) is 6.84. The molecule has 1 unspecified atom stereocenters. The number of aliphatic carboxylic acids is 1. The molecule has 1 aromatic carbocycles. The summed E-state index contributed by atoms with van der Waals surface area (Å²) in [7, 11) is 0. The zero-order valence-corrected chi connectivity index (χ0v) is 12.2. The Balaban J connectivity index is 2.79. The number of carboxylic acid groups (broad SMARTS) is 1. The van der Waals surface area contributed by atoms with Crippen LogP contribution in [0.3, 0.4) is 0 Å². The number of hydrogen-bond acceptors (Lipinski definition) is 3. The number of carbonyl (C=O) groups excluding carboxylic acids is 1. The van der Waals surface area contributed by atoms with Crippen LogP contribution in [-0.4, -0.2) is 23.5 Å². The van der Waals surface area contributed by atoms with Gasteiger partial charge in [0.25, 0.3) is 5.91 Å². The molecular formula is C15H21FN2O3. The quantitative estimate of drug-likeness (QED) is 0.687. The number of benzene rings is 1. The summed E-state index contributed by atoms with van der Waals surface area (Å²) in [5, 5.41) is 11.9. The van der Waals surface area contributed by atoms with Gasteiger partial charge >= 0.3 is 5.97 Å². The molecule has 1 aromatic rings. The van der Waals surface area contributed by atoms with Crippen LogP contribution in [0, 0.1) is 17.7 Å². The highest BCUT2D eigenvalue weighted by atomic mass is 19.1. The molecule has 0 aromatic heterocycles. The van der Waals surface area contributed by atoms with Crippen LogP contribution in [-0.2, 0) is 4.79 Å². The fraction of sp³-hybridized carbons (Fsp3) is 0.467. The largest absolute Gasteiger partial charge is 0.481 e. The van der Waals surface area contributed by atoms with E-state index in [4.69, 9.17) is 10.8 Å². The molecule has 21 heavy (non-hydrogen) atoms. The first kappa shape index (κ1) is 16.9. The standard InChI is InChI=1S/C15H21FN2O3/c1-9(2)5-10(6-14(19)20)8-18-13-4-3-11(16)7-12(13)15(17)21/h3-4,7,9-10,18H,5-6,8H2,1-2H3,(H2,17,21)(H,19,20). The first-order chi connectivity index (χ1) is 9.79. The van der Waals surface area contributed by atoms with Crippen molar-refractivity contribution in [3.8, 4) is 0 Å². The molecule has 116 valence electrons. The van der Waals surface area contributed by atoms with Crippen molar-refractivity contribution in [2.24, 2.45) is 17.6 Å². The Labute approximate surface area is 123 Å². The summed E-state index contributed by atoms with van der Waals surface area (Å²) in [6.45, 7) is 4.42. The fourth-order valence-corrected chi connectivity index (χ4v) is 2.28. The van der Waals surface area contributed by atoms with Crippen molar-refractivity contribution in [1.29, 1.82) is 0 Å². The van der Waals surface area contributed by atoms with Crippen molar-refractivity contribution in [3.05, 3.63) is 29.6 Å². The van der Waals surface area contributed by atoms with E-state index >= 15 is 0 Å². The number of halogens is 1. The van der Waals surface area contributed by atoms with E-state index in [9.17, 15) is 14.0 Å². The van der Waals surface area contributed by atoms with Crippen molar-refractivity contribution in [2.45, 2.75) is 26.7 Å². The number of carboxylic acids is 1. The third-order valence-electron chi connectivity index (χ3n) is 3.10. The molecule has 1 atom stereocenters. The summed E-state index contributed by atoms with van der Waals surface area (Å²) in [5.74, 6) is -1.85. The van der Waals surface area contributed by atoms with Crippen molar-refractivity contribution in [2.75, 3.05) is 11.9 Å². The van der Waals surface area contributed by atoms with E-state index in [0.717, 1.165) is 12.5 Å². The SMILES string of the molecule is CC(C)CC(CNc1ccc(F)cc1C(N)=O)CC(=O)O. The highest BCUT2D eigenvalue weighted by Crippen LogP contribution is 2.20. The lowest BCUT2D eigenvalue weighted by Crippen LogP contribution is -2.22. The molecule has 0 aliphatic carbocycles. The number of amides is 1. The molecule has 6 heteroatoms. The van der Waals surface area contributed by atoms with Crippen LogP contribution >= 0.6 is 0 Å². The molecule has 1 amide bonds. The van der Waals surface area contributed by atoms with Crippen LogP contribution in [0.2, 0.25) is 0 Å². The average Bonchev–Trinajstić information content (AvgIpc) is 2.35. The molecule has 0 fully saturated rings. The van der Waals surface area contributed by atoms with Gasteiger partial charge < -0.3 is 16.2 Å². The second kappa shape index (κ2) is 7.61. The predicted octanol–water partition coefficient (Wildman–Crippen LogP) is 2.47. The zero-order valence-electron chi connectivity index (χ0n) is 12.2. The molecular weight excluding hydrogens is 275 g/mol. The van der Waals surface area contributed by atoms with Crippen LogP contribution in [0.1, 0.15) is 37.0 Å². The summed E-state index contributed by atoms with van der Waals surface area (Å²) >= 11 is 0. The highest BCUT2D eigenvalue weighted by molar-refractivity contribution is 5.98. The van der Waals surface area contributed by atoms with E-state index < -0.39 is 17.7 Å². The predicted molar refractivity (Wildman–Crippen MR) is 78.6 cm³/mol. The summed E-state index contributed by atoms with van der Waals surface area (Å²) < 4.78 is 13.1. The molecule has 0 bridgehead atoms. The molecule has 0 aliphatic heterocycles. The highest BCUT2D eigenvalue weighted by Gasteiger charge is 2.16. The average molecular weight is 296 g/mol. The van der Waals surface area contributed by atoms with Gasteiger partial charge in [0.15, 0.2) is 0 Å². The maximum absolute atomic E-state index is 13.1. The Morgan fingerprint density at radius 1 is 1.38 bits per heavy atom.